The van der Waals surface area contributed by atoms with Gasteiger partial charge in [-0.2, -0.15) is 0 Å². The first-order valence-electron chi connectivity index (χ1n) is 10.4. The maximum Gasteiger partial charge on any atom is 0.335 e. The summed E-state index contributed by atoms with van der Waals surface area (Å²) in [5.74, 6) is -0.697. The Balaban J connectivity index is 0.000000320. The van der Waals surface area contributed by atoms with E-state index >= 15 is 0 Å². The van der Waals surface area contributed by atoms with Crippen LogP contribution in [0.1, 0.15) is 25.0 Å². The van der Waals surface area contributed by atoms with Crippen molar-refractivity contribution in [2.45, 2.75) is 38.9 Å². The van der Waals surface area contributed by atoms with E-state index in [2.05, 4.69) is 9.47 Å². The number of carbonyl (C=O) groups is 2. The van der Waals surface area contributed by atoms with Crippen LogP contribution >= 0.6 is 0 Å². The van der Waals surface area contributed by atoms with Gasteiger partial charge in [0.15, 0.2) is 12.2 Å². The lowest BCUT2D eigenvalue weighted by Gasteiger charge is -2.14. The molecule has 0 heterocycles. The normalized spacial score (nSPS) is 12.1. The molecule has 0 saturated carbocycles. The molecular formula is C24H34N2O6. The van der Waals surface area contributed by atoms with Gasteiger partial charge in [0.1, 0.15) is 0 Å². The summed E-state index contributed by atoms with van der Waals surface area (Å²) in [6, 6.07) is 14.7. The predicted octanol–water partition coefficient (Wildman–Crippen LogP) is 2.78. The minimum absolute atomic E-state index is 0.348. The second-order valence-electron chi connectivity index (χ2n) is 6.83. The molecule has 0 saturated heterocycles. The van der Waals surface area contributed by atoms with E-state index in [1.165, 1.54) is 14.2 Å². The molecule has 0 amide bonds. The van der Waals surface area contributed by atoms with Crippen LogP contribution in [0.4, 0.5) is 11.4 Å². The lowest BCUT2D eigenvalue weighted by Crippen LogP contribution is -2.28. The molecule has 176 valence electrons. The van der Waals surface area contributed by atoms with E-state index in [9.17, 15) is 9.59 Å². The maximum atomic E-state index is 11.4. The van der Waals surface area contributed by atoms with Crippen molar-refractivity contribution in [1.29, 1.82) is 0 Å². The fourth-order valence-electron chi connectivity index (χ4n) is 2.82. The standard InChI is InChI=1S/2C12H17NO3/c2*1-3-16-11(12(14)15-2)8-9-4-6-10(13)7-5-9/h2*4-7,11H,3,8,13H2,1-2H3. The minimum atomic E-state index is -0.543. The van der Waals surface area contributed by atoms with Gasteiger partial charge < -0.3 is 30.4 Å². The number of benzene rings is 2. The number of hydrogen-bond donors (Lipinski definition) is 2. The Labute approximate surface area is 189 Å². The molecule has 0 radical (unpaired) electrons. The second kappa shape index (κ2) is 14.8. The quantitative estimate of drug-likeness (QED) is 0.422. The van der Waals surface area contributed by atoms with Crippen LogP contribution in [-0.4, -0.2) is 51.6 Å². The van der Waals surface area contributed by atoms with E-state index in [1.54, 1.807) is 24.3 Å². The van der Waals surface area contributed by atoms with Gasteiger partial charge in [0.25, 0.3) is 0 Å². The van der Waals surface area contributed by atoms with Gasteiger partial charge in [0.05, 0.1) is 14.2 Å². The third-order valence-corrected chi connectivity index (χ3v) is 4.47. The zero-order chi connectivity index (χ0) is 23.9. The highest BCUT2D eigenvalue weighted by atomic mass is 16.6. The number of nitrogens with two attached hydrogens (primary N) is 2. The predicted molar refractivity (Wildman–Crippen MR) is 124 cm³/mol. The largest absolute Gasteiger partial charge is 0.467 e. The average Bonchev–Trinajstić information content (AvgIpc) is 2.80. The Morgan fingerprint density at radius 2 is 1.00 bits per heavy atom. The zero-order valence-electron chi connectivity index (χ0n) is 19.2. The molecule has 0 fully saturated rings. The summed E-state index contributed by atoms with van der Waals surface area (Å²) in [6.45, 7) is 4.65. The third-order valence-electron chi connectivity index (χ3n) is 4.47. The van der Waals surface area contributed by atoms with Crippen LogP contribution in [-0.2, 0) is 41.4 Å². The highest BCUT2D eigenvalue weighted by Crippen LogP contribution is 2.11. The number of ether oxygens (including phenoxy) is 4. The fourth-order valence-corrected chi connectivity index (χ4v) is 2.82. The molecule has 4 N–H and O–H groups in total. The van der Waals surface area contributed by atoms with Crippen LogP contribution in [0.25, 0.3) is 0 Å². The van der Waals surface area contributed by atoms with Crippen LogP contribution in [0.15, 0.2) is 48.5 Å². The van der Waals surface area contributed by atoms with Crippen LogP contribution in [0.3, 0.4) is 0 Å². The van der Waals surface area contributed by atoms with Gasteiger partial charge in [0, 0.05) is 37.4 Å². The average molecular weight is 447 g/mol. The van der Waals surface area contributed by atoms with Crippen molar-refractivity contribution in [3.05, 3.63) is 59.7 Å². The van der Waals surface area contributed by atoms with Crippen LogP contribution < -0.4 is 11.5 Å². The maximum absolute atomic E-state index is 11.4. The van der Waals surface area contributed by atoms with Gasteiger partial charge in [-0.05, 0) is 49.2 Å². The molecule has 0 aliphatic rings. The number of anilines is 2. The molecule has 2 atom stereocenters. The zero-order valence-corrected chi connectivity index (χ0v) is 19.2. The fraction of sp³-hybridized carbons (Fsp3) is 0.417. The van der Waals surface area contributed by atoms with Crippen LogP contribution in [0, 0.1) is 0 Å². The van der Waals surface area contributed by atoms with Gasteiger partial charge in [-0.15, -0.1) is 0 Å². The van der Waals surface area contributed by atoms with Gasteiger partial charge in [0.2, 0.25) is 0 Å². The highest BCUT2D eigenvalue weighted by Gasteiger charge is 2.20. The van der Waals surface area contributed by atoms with E-state index in [1.807, 2.05) is 38.1 Å². The molecule has 0 aliphatic carbocycles. The monoisotopic (exact) mass is 446 g/mol. The first-order chi connectivity index (χ1) is 15.3. The lowest BCUT2D eigenvalue weighted by atomic mass is 10.1. The molecule has 0 spiro atoms. The summed E-state index contributed by atoms with van der Waals surface area (Å²) >= 11 is 0. The number of methoxy groups -OCH3 is 2. The highest BCUT2D eigenvalue weighted by molar-refractivity contribution is 5.75. The van der Waals surface area contributed by atoms with E-state index in [0.717, 1.165) is 11.1 Å². The van der Waals surface area contributed by atoms with Crippen molar-refractivity contribution in [3.63, 3.8) is 0 Å². The van der Waals surface area contributed by atoms with E-state index in [4.69, 9.17) is 20.9 Å². The van der Waals surface area contributed by atoms with Gasteiger partial charge in [-0.25, -0.2) is 9.59 Å². The van der Waals surface area contributed by atoms with Gasteiger partial charge in [-0.3, -0.25) is 0 Å². The Morgan fingerprint density at radius 3 is 1.25 bits per heavy atom. The van der Waals surface area contributed by atoms with Crippen molar-refractivity contribution in [2.24, 2.45) is 0 Å². The molecule has 2 rings (SSSR count). The third kappa shape index (κ3) is 9.80. The lowest BCUT2D eigenvalue weighted by molar-refractivity contribution is -0.154. The van der Waals surface area contributed by atoms with Gasteiger partial charge in [-0.1, -0.05) is 24.3 Å². The molecule has 2 aromatic carbocycles. The Bertz CT molecular complexity index is 739. The number of hydrogen-bond acceptors (Lipinski definition) is 8. The summed E-state index contributed by atoms with van der Waals surface area (Å²) in [4.78, 5) is 22.8. The van der Waals surface area contributed by atoms with Crippen molar-refractivity contribution in [3.8, 4) is 0 Å². The first-order valence-corrected chi connectivity index (χ1v) is 10.4. The van der Waals surface area contributed by atoms with E-state index < -0.39 is 12.2 Å². The number of nitrogen functional groups attached to an aromatic ring is 2. The smallest absolute Gasteiger partial charge is 0.335 e. The molecule has 2 unspecified atom stereocenters. The molecule has 32 heavy (non-hydrogen) atoms. The molecule has 8 heteroatoms. The second-order valence-corrected chi connectivity index (χ2v) is 6.83. The van der Waals surface area contributed by atoms with Crippen molar-refractivity contribution in [1.82, 2.24) is 0 Å². The van der Waals surface area contributed by atoms with Crippen molar-refractivity contribution < 1.29 is 28.5 Å². The van der Waals surface area contributed by atoms with Crippen LogP contribution in [0.5, 0.6) is 0 Å². The van der Waals surface area contributed by atoms with E-state index in [-0.39, 0.29) is 11.9 Å². The molecule has 2 aromatic rings. The van der Waals surface area contributed by atoms with Gasteiger partial charge >= 0.3 is 11.9 Å². The summed E-state index contributed by atoms with van der Waals surface area (Å²) in [7, 11) is 2.72. The summed E-state index contributed by atoms with van der Waals surface area (Å²) in [5.41, 5.74) is 14.6. The molecule has 0 aromatic heterocycles. The molecule has 8 nitrogen and oxygen atoms in total. The number of carbonyl (C=O) groups excluding carboxylic acids is 2. The minimum Gasteiger partial charge on any atom is -0.467 e. The summed E-state index contributed by atoms with van der Waals surface area (Å²) in [6.07, 6.45) is -0.0843. The summed E-state index contributed by atoms with van der Waals surface area (Å²) in [5, 5.41) is 0. The first kappa shape index (κ1) is 26.9. The Kier molecular flexibility index (Phi) is 12.5. The van der Waals surface area contributed by atoms with E-state index in [0.29, 0.717) is 37.4 Å². The number of esters is 2. The molecule has 0 bridgehead atoms. The van der Waals surface area contributed by atoms with Crippen molar-refractivity contribution >= 4 is 23.3 Å². The molecule has 0 aliphatic heterocycles. The number of rotatable bonds is 10. The van der Waals surface area contributed by atoms with Crippen molar-refractivity contribution in [2.75, 3.05) is 38.9 Å². The Morgan fingerprint density at radius 1 is 0.688 bits per heavy atom. The summed E-state index contributed by atoms with van der Waals surface area (Å²) < 4.78 is 20.0. The molecular weight excluding hydrogens is 412 g/mol. The SMILES string of the molecule is CCOC(Cc1ccc(N)cc1)C(=O)OC.CCOC(Cc1ccc(N)cc1)C(=O)OC. The Hall–Kier alpha value is -3.10. The van der Waals surface area contributed by atoms with Crippen LogP contribution in [0.2, 0.25) is 0 Å². The topological polar surface area (TPSA) is 123 Å².